The highest BCUT2D eigenvalue weighted by molar-refractivity contribution is 7.26. The molecule has 0 unspecified atom stereocenters. The molecule has 0 amide bonds. The minimum atomic E-state index is 0.886. The minimum absolute atomic E-state index is 0.886. The maximum atomic E-state index is 6.33. The molecule has 0 spiro atoms. The van der Waals surface area contributed by atoms with E-state index in [4.69, 9.17) is 4.42 Å². The van der Waals surface area contributed by atoms with E-state index in [1.54, 1.807) is 0 Å². The number of para-hydroxylation sites is 1. The molecule has 9 rings (SSSR count). The van der Waals surface area contributed by atoms with Gasteiger partial charge >= 0.3 is 0 Å². The Morgan fingerprint density at radius 2 is 1.14 bits per heavy atom. The molecule has 0 saturated carbocycles. The van der Waals surface area contributed by atoms with E-state index in [0.29, 0.717) is 0 Å². The number of anilines is 3. The topological polar surface area (TPSA) is 16.4 Å². The second-order valence-electron chi connectivity index (χ2n) is 10.9. The van der Waals surface area contributed by atoms with Crippen LogP contribution in [0.1, 0.15) is 0 Å². The third kappa shape index (κ3) is 3.86. The largest absolute Gasteiger partial charge is 0.456 e. The Labute approximate surface area is 252 Å². The molecule has 3 heteroatoms. The smallest absolute Gasteiger partial charge is 0.137 e. The molecule has 0 aliphatic carbocycles. The zero-order valence-electron chi connectivity index (χ0n) is 23.2. The second kappa shape index (κ2) is 9.59. The molecule has 0 bridgehead atoms. The Hall–Kier alpha value is -5.38. The van der Waals surface area contributed by atoms with Crippen LogP contribution in [0.4, 0.5) is 17.1 Å². The highest BCUT2D eigenvalue weighted by Gasteiger charge is 2.20. The van der Waals surface area contributed by atoms with Gasteiger partial charge in [0.1, 0.15) is 11.2 Å². The van der Waals surface area contributed by atoms with E-state index >= 15 is 0 Å². The maximum absolute atomic E-state index is 6.33. The van der Waals surface area contributed by atoms with E-state index in [1.807, 2.05) is 23.5 Å². The summed E-state index contributed by atoms with van der Waals surface area (Å²) in [6.45, 7) is 0. The Morgan fingerprint density at radius 1 is 0.442 bits per heavy atom. The Balaban J connectivity index is 1.32. The van der Waals surface area contributed by atoms with Crippen molar-refractivity contribution in [3.05, 3.63) is 152 Å². The zero-order valence-corrected chi connectivity index (χ0v) is 24.0. The van der Waals surface area contributed by atoms with Crippen molar-refractivity contribution in [3.63, 3.8) is 0 Å². The molecule has 0 aliphatic rings. The average molecular weight is 568 g/mol. The Bertz CT molecular complexity index is 2450. The van der Waals surface area contributed by atoms with Crippen LogP contribution in [0.25, 0.3) is 64.0 Å². The third-order valence-electron chi connectivity index (χ3n) is 8.46. The van der Waals surface area contributed by atoms with Crippen LogP contribution in [0.5, 0.6) is 0 Å². The summed E-state index contributed by atoms with van der Waals surface area (Å²) in [6, 6.07) is 54.3. The van der Waals surface area contributed by atoms with Crippen molar-refractivity contribution in [3.8, 4) is 11.1 Å². The number of hydrogen-bond acceptors (Lipinski definition) is 3. The fourth-order valence-electron chi connectivity index (χ4n) is 6.47. The normalized spacial score (nSPS) is 11.7. The number of benzene rings is 7. The quantitative estimate of drug-likeness (QED) is 0.210. The lowest BCUT2D eigenvalue weighted by atomic mass is 10.0. The van der Waals surface area contributed by atoms with Crippen LogP contribution >= 0.6 is 11.3 Å². The lowest BCUT2D eigenvalue weighted by Gasteiger charge is -2.27. The van der Waals surface area contributed by atoms with Crippen LogP contribution in [0.3, 0.4) is 0 Å². The van der Waals surface area contributed by atoms with Crippen molar-refractivity contribution < 1.29 is 4.42 Å². The van der Waals surface area contributed by atoms with Gasteiger partial charge in [0.25, 0.3) is 0 Å². The number of hydrogen-bond donors (Lipinski definition) is 0. The highest BCUT2D eigenvalue weighted by Crippen LogP contribution is 2.45. The van der Waals surface area contributed by atoms with Gasteiger partial charge in [-0.2, -0.15) is 0 Å². The fraction of sp³-hybridized carbons (Fsp3) is 0. The fourth-order valence-corrected chi connectivity index (χ4v) is 7.59. The molecule has 0 atom stereocenters. The molecule has 43 heavy (non-hydrogen) atoms. The van der Waals surface area contributed by atoms with Gasteiger partial charge in [0.05, 0.1) is 11.1 Å². The van der Waals surface area contributed by atoms with E-state index < -0.39 is 0 Å². The van der Waals surface area contributed by atoms with Gasteiger partial charge in [0.15, 0.2) is 0 Å². The molecule has 7 aromatic carbocycles. The molecule has 2 aromatic heterocycles. The van der Waals surface area contributed by atoms with Gasteiger partial charge in [-0.15, -0.1) is 11.3 Å². The second-order valence-corrected chi connectivity index (χ2v) is 12.0. The molecule has 202 valence electrons. The van der Waals surface area contributed by atoms with Crippen LogP contribution < -0.4 is 4.90 Å². The first-order valence-electron chi connectivity index (χ1n) is 14.5. The van der Waals surface area contributed by atoms with E-state index in [1.165, 1.54) is 42.1 Å². The number of furan rings is 1. The van der Waals surface area contributed by atoms with E-state index in [-0.39, 0.29) is 0 Å². The van der Waals surface area contributed by atoms with Gasteiger partial charge < -0.3 is 9.32 Å². The van der Waals surface area contributed by atoms with Crippen LogP contribution in [0.15, 0.2) is 156 Å². The molecular formula is C40H25NOS. The van der Waals surface area contributed by atoms with Crippen LogP contribution in [-0.4, -0.2) is 0 Å². The lowest BCUT2D eigenvalue weighted by molar-refractivity contribution is 0.669. The summed E-state index contributed by atoms with van der Waals surface area (Å²) in [7, 11) is 0. The predicted octanol–water partition coefficient (Wildman–Crippen LogP) is 12.2. The van der Waals surface area contributed by atoms with Crippen LogP contribution in [0, 0.1) is 0 Å². The molecule has 2 nitrogen and oxygen atoms in total. The van der Waals surface area contributed by atoms with Gasteiger partial charge in [-0.25, -0.2) is 0 Å². The van der Waals surface area contributed by atoms with Crippen LogP contribution in [0.2, 0.25) is 0 Å². The SMILES string of the molecule is c1ccc(-c2ccc(N(c3ccc4ccc5sc6ccccc6c5c4c3)c3cccc4oc5ccccc5c34)cc2)cc1. The molecule has 0 N–H and O–H groups in total. The zero-order chi connectivity index (χ0) is 28.3. The summed E-state index contributed by atoms with van der Waals surface area (Å²) in [6.07, 6.45) is 0. The first-order valence-corrected chi connectivity index (χ1v) is 15.3. The van der Waals surface area contributed by atoms with Gasteiger partial charge in [-0.05, 0) is 76.5 Å². The molecule has 0 radical (unpaired) electrons. The minimum Gasteiger partial charge on any atom is -0.456 e. The standard InChI is InChI=1S/C40H25NOS/c1-2-9-26(10-3-1)27-17-21-29(22-18-27)41(34-13-8-15-36-40(34)31-11-4-6-14-35(31)42-36)30-23-19-28-20-24-38-39(33(28)25-30)32-12-5-7-16-37(32)43-38/h1-25H. The summed E-state index contributed by atoms with van der Waals surface area (Å²) in [5.74, 6) is 0. The van der Waals surface area contributed by atoms with Gasteiger partial charge in [0, 0.05) is 36.9 Å². The highest BCUT2D eigenvalue weighted by atomic mass is 32.1. The predicted molar refractivity (Wildman–Crippen MR) is 184 cm³/mol. The summed E-state index contributed by atoms with van der Waals surface area (Å²) in [5.41, 5.74) is 7.49. The van der Waals surface area contributed by atoms with Crippen molar-refractivity contribution in [2.75, 3.05) is 4.90 Å². The van der Waals surface area contributed by atoms with Crippen LogP contribution in [-0.2, 0) is 0 Å². The van der Waals surface area contributed by atoms with E-state index in [0.717, 1.165) is 39.0 Å². The number of fused-ring (bicyclic) bond motifs is 8. The first kappa shape index (κ1) is 24.2. The lowest BCUT2D eigenvalue weighted by Crippen LogP contribution is -2.10. The molecule has 9 aromatic rings. The van der Waals surface area contributed by atoms with Crippen molar-refractivity contribution in [1.82, 2.24) is 0 Å². The summed E-state index contributed by atoms with van der Waals surface area (Å²) in [4.78, 5) is 2.38. The molecule has 2 heterocycles. The number of rotatable bonds is 4. The summed E-state index contributed by atoms with van der Waals surface area (Å²) in [5, 5.41) is 7.38. The van der Waals surface area contributed by atoms with E-state index in [2.05, 4.69) is 144 Å². The van der Waals surface area contributed by atoms with Crippen molar-refractivity contribution in [2.45, 2.75) is 0 Å². The average Bonchev–Trinajstić information content (AvgIpc) is 3.65. The van der Waals surface area contributed by atoms with E-state index in [9.17, 15) is 0 Å². The third-order valence-corrected chi connectivity index (χ3v) is 9.59. The molecule has 0 saturated heterocycles. The molecule has 0 aliphatic heterocycles. The van der Waals surface area contributed by atoms with Crippen molar-refractivity contribution >= 4 is 81.3 Å². The van der Waals surface area contributed by atoms with Gasteiger partial charge in [0.2, 0.25) is 0 Å². The maximum Gasteiger partial charge on any atom is 0.137 e. The summed E-state index contributed by atoms with van der Waals surface area (Å²) < 4.78 is 8.96. The summed E-state index contributed by atoms with van der Waals surface area (Å²) >= 11 is 1.86. The monoisotopic (exact) mass is 567 g/mol. The van der Waals surface area contributed by atoms with Gasteiger partial charge in [-0.3, -0.25) is 0 Å². The number of nitrogens with zero attached hydrogens (tertiary/aromatic N) is 1. The Kier molecular flexibility index (Phi) is 5.40. The Morgan fingerprint density at radius 3 is 2.02 bits per heavy atom. The molecular weight excluding hydrogens is 543 g/mol. The first-order chi connectivity index (χ1) is 21.3. The van der Waals surface area contributed by atoms with Crippen molar-refractivity contribution in [1.29, 1.82) is 0 Å². The van der Waals surface area contributed by atoms with Gasteiger partial charge in [-0.1, -0.05) is 97.1 Å². The number of thiophene rings is 1. The molecule has 0 fully saturated rings. The van der Waals surface area contributed by atoms with Crippen molar-refractivity contribution in [2.24, 2.45) is 0 Å².